The first kappa shape index (κ1) is 15.6. The van der Waals surface area contributed by atoms with Crippen molar-refractivity contribution in [3.8, 4) is 33.6 Å². The molecule has 0 atom stereocenters. The third-order valence-corrected chi connectivity index (χ3v) is 5.71. The third kappa shape index (κ3) is 2.31. The molecule has 7 heteroatoms. The number of hydrogen-bond donors (Lipinski definition) is 2. The summed E-state index contributed by atoms with van der Waals surface area (Å²) in [4.78, 5) is 0.754. The number of nitriles is 1. The standard InChI is InChI=1S/C20H10FN3O2S/c21-15-7-13(25)6-14-17(18-11(8-22)3-4-26-18)19(27-20(14)15)10-1-2-16-12(5-10)9-23-24-16/h1-7,9,25H,(H,23,24). The van der Waals surface area contributed by atoms with Crippen molar-refractivity contribution in [2.45, 2.75) is 0 Å². The van der Waals surface area contributed by atoms with E-state index in [2.05, 4.69) is 16.3 Å². The van der Waals surface area contributed by atoms with Gasteiger partial charge in [-0.05, 0) is 29.8 Å². The summed E-state index contributed by atoms with van der Waals surface area (Å²) in [5.74, 6) is -0.339. The van der Waals surface area contributed by atoms with Crippen molar-refractivity contribution in [2.24, 2.45) is 0 Å². The number of aromatic amines is 1. The minimum atomic E-state index is -0.517. The smallest absolute Gasteiger partial charge is 0.153 e. The van der Waals surface area contributed by atoms with Crippen LogP contribution >= 0.6 is 11.3 Å². The second-order valence-corrected chi connectivity index (χ2v) is 7.08. The van der Waals surface area contributed by atoms with E-state index < -0.39 is 5.82 Å². The predicted molar refractivity (Wildman–Crippen MR) is 101 cm³/mol. The van der Waals surface area contributed by atoms with Crippen LogP contribution in [0.25, 0.3) is 42.8 Å². The fraction of sp³-hybridized carbons (Fsp3) is 0. The van der Waals surface area contributed by atoms with Crippen LogP contribution in [0.4, 0.5) is 4.39 Å². The van der Waals surface area contributed by atoms with Gasteiger partial charge in [-0.15, -0.1) is 11.3 Å². The van der Waals surface area contributed by atoms with Gasteiger partial charge in [0, 0.05) is 27.3 Å². The van der Waals surface area contributed by atoms with Gasteiger partial charge in [-0.3, -0.25) is 5.10 Å². The van der Waals surface area contributed by atoms with Gasteiger partial charge in [0.15, 0.2) is 5.76 Å². The van der Waals surface area contributed by atoms with Crippen molar-refractivity contribution in [1.82, 2.24) is 10.2 Å². The first-order chi connectivity index (χ1) is 13.2. The van der Waals surface area contributed by atoms with E-state index in [0.29, 0.717) is 27.0 Å². The molecule has 0 bridgehead atoms. The summed E-state index contributed by atoms with van der Waals surface area (Å²) in [5.41, 5.74) is 2.68. The van der Waals surface area contributed by atoms with Crippen LogP contribution in [0.3, 0.4) is 0 Å². The Hall–Kier alpha value is -3.63. The van der Waals surface area contributed by atoms with E-state index >= 15 is 0 Å². The number of nitrogens with one attached hydrogen (secondary N) is 1. The molecule has 3 aromatic heterocycles. The summed E-state index contributed by atoms with van der Waals surface area (Å²) in [6.45, 7) is 0. The van der Waals surface area contributed by atoms with E-state index in [1.165, 1.54) is 23.7 Å². The Morgan fingerprint density at radius 3 is 2.96 bits per heavy atom. The Labute approximate surface area is 155 Å². The maximum absolute atomic E-state index is 14.5. The van der Waals surface area contributed by atoms with Gasteiger partial charge in [0.05, 0.1) is 28.2 Å². The van der Waals surface area contributed by atoms with Crippen molar-refractivity contribution in [3.05, 3.63) is 60.2 Å². The predicted octanol–water partition coefficient (Wildman–Crippen LogP) is 5.42. The first-order valence-corrected chi connectivity index (χ1v) is 8.84. The number of phenols is 1. The lowest BCUT2D eigenvalue weighted by atomic mass is 10.0. The maximum atomic E-state index is 14.5. The maximum Gasteiger partial charge on any atom is 0.153 e. The van der Waals surface area contributed by atoms with Crippen LogP contribution in [0.15, 0.2) is 53.3 Å². The zero-order valence-corrected chi connectivity index (χ0v) is 14.5. The number of furan rings is 1. The largest absolute Gasteiger partial charge is 0.508 e. The average molecular weight is 375 g/mol. The van der Waals surface area contributed by atoms with Crippen molar-refractivity contribution < 1.29 is 13.9 Å². The molecule has 5 nitrogen and oxygen atoms in total. The minimum Gasteiger partial charge on any atom is -0.508 e. The fourth-order valence-corrected chi connectivity index (χ4v) is 4.43. The molecule has 0 spiro atoms. The third-order valence-electron chi connectivity index (χ3n) is 4.44. The summed E-state index contributed by atoms with van der Waals surface area (Å²) in [6.07, 6.45) is 3.14. The summed E-state index contributed by atoms with van der Waals surface area (Å²) >= 11 is 1.25. The Morgan fingerprint density at radius 2 is 2.11 bits per heavy atom. The second kappa shape index (κ2) is 5.69. The highest BCUT2D eigenvalue weighted by Gasteiger charge is 2.23. The van der Waals surface area contributed by atoms with Crippen molar-refractivity contribution in [3.63, 3.8) is 0 Å². The number of hydrogen-bond acceptors (Lipinski definition) is 5. The molecule has 0 radical (unpaired) electrons. The number of aromatic hydroxyl groups is 1. The SMILES string of the molecule is N#Cc1ccoc1-c1c(-c2ccc3[nH]ncc3c2)sc2c(F)cc(O)cc12. The fourth-order valence-electron chi connectivity index (χ4n) is 3.25. The topological polar surface area (TPSA) is 85.8 Å². The Bertz CT molecular complexity index is 1370. The lowest BCUT2D eigenvalue weighted by Crippen LogP contribution is -1.82. The summed E-state index contributed by atoms with van der Waals surface area (Å²) in [5, 5.41) is 27.7. The molecule has 0 aliphatic heterocycles. The second-order valence-electron chi connectivity index (χ2n) is 6.06. The molecular weight excluding hydrogens is 365 g/mol. The minimum absolute atomic E-state index is 0.180. The number of thiophene rings is 1. The number of rotatable bonds is 2. The number of H-pyrrole nitrogens is 1. The molecular formula is C20H10FN3O2S. The van der Waals surface area contributed by atoms with Crippen molar-refractivity contribution >= 4 is 32.3 Å². The monoisotopic (exact) mass is 375 g/mol. The summed E-state index contributed by atoms with van der Waals surface area (Å²) in [6, 6.07) is 12.0. The first-order valence-electron chi connectivity index (χ1n) is 8.02. The molecule has 0 fully saturated rings. The Balaban J connectivity index is 1.90. The Kier molecular flexibility index (Phi) is 3.29. The van der Waals surface area contributed by atoms with E-state index in [-0.39, 0.29) is 5.75 Å². The molecule has 0 aliphatic carbocycles. The molecule has 0 amide bonds. The van der Waals surface area contributed by atoms with Gasteiger partial charge in [-0.1, -0.05) is 6.07 Å². The molecule has 0 aliphatic rings. The molecule has 3 heterocycles. The highest BCUT2D eigenvalue weighted by Crippen LogP contribution is 2.48. The highest BCUT2D eigenvalue weighted by molar-refractivity contribution is 7.23. The summed E-state index contributed by atoms with van der Waals surface area (Å²) < 4.78 is 20.5. The number of aromatic nitrogens is 2. The van der Waals surface area contributed by atoms with Crippen LogP contribution in [0.2, 0.25) is 0 Å². The number of fused-ring (bicyclic) bond motifs is 2. The molecule has 0 unspecified atom stereocenters. The van der Waals surface area contributed by atoms with Crippen molar-refractivity contribution in [2.75, 3.05) is 0 Å². The molecule has 27 heavy (non-hydrogen) atoms. The van der Waals surface area contributed by atoms with E-state index in [0.717, 1.165) is 27.4 Å². The van der Waals surface area contributed by atoms with E-state index in [1.807, 2.05) is 18.2 Å². The molecule has 2 aromatic carbocycles. The van der Waals surface area contributed by atoms with Gasteiger partial charge in [0.2, 0.25) is 0 Å². The van der Waals surface area contributed by atoms with Crippen LogP contribution in [0, 0.1) is 17.1 Å². The van der Waals surface area contributed by atoms with Crippen LogP contribution < -0.4 is 0 Å². The van der Waals surface area contributed by atoms with Crippen LogP contribution in [-0.4, -0.2) is 15.3 Å². The normalized spacial score (nSPS) is 11.3. The molecule has 5 rings (SSSR count). The number of nitrogens with zero attached hydrogens (tertiary/aromatic N) is 2. The zero-order chi connectivity index (χ0) is 18.5. The number of halogens is 1. The van der Waals surface area contributed by atoms with Gasteiger partial charge in [-0.2, -0.15) is 10.4 Å². The van der Waals surface area contributed by atoms with Gasteiger partial charge >= 0.3 is 0 Å². The lowest BCUT2D eigenvalue weighted by Gasteiger charge is -2.04. The molecule has 0 saturated carbocycles. The van der Waals surface area contributed by atoms with E-state index in [4.69, 9.17) is 4.42 Å². The number of phenolic OH excluding ortho intramolecular Hbond substituents is 1. The van der Waals surface area contributed by atoms with Crippen molar-refractivity contribution in [1.29, 1.82) is 5.26 Å². The lowest BCUT2D eigenvalue weighted by molar-refractivity contribution is 0.471. The summed E-state index contributed by atoms with van der Waals surface area (Å²) in [7, 11) is 0. The average Bonchev–Trinajstić information content (AvgIpc) is 3.37. The quantitative estimate of drug-likeness (QED) is 0.431. The van der Waals surface area contributed by atoms with Gasteiger partial charge in [0.25, 0.3) is 0 Å². The van der Waals surface area contributed by atoms with E-state index in [9.17, 15) is 14.8 Å². The molecule has 0 saturated heterocycles. The molecule has 5 aromatic rings. The van der Waals surface area contributed by atoms with Crippen LogP contribution in [0.1, 0.15) is 5.56 Å². The van der Waals surface area contributed by atoms with Gasteiger partial charge in [-0.25, -0.2) is 4.39 Å². The highest BCUT2D eigenvalue weighted by atomic mass is 32.1. The zero-order valence-electron chi connectivity index (χ0n) is 13.7. The van der Waals surface area contributed by atoms with Crippen LogP contribution in [-0.2, 0) is 0 Å². The molecule has 130 valence electrons. The van der Waals surface area contributed by atoms with Gasteiger partial charge < -0.3 is 9.52 Å². The van der Waals surface area contributed by atoms with E-state index in [1.54, 1.807) is 12.3 Å². The molecule has 2 N–H and O–H groups in total. The Morgan fingerprint density at radius 1 is 1.22 bits per heavy atom. The van der Waals surface area contributed by atoms with Gasteiger partial charge in [0.1, 0.15) is 17.6 Å². The van der Waals surface area contributed by atoms with Crippen LogP contribution in [0.5, 0.6) is 5.75 Å². The number of benzene rings is 2.